The first-order valence-corrected chi connectivity index (χ1v) is 15.4. The van der Waals surface area contributed by atoms with Crippen LogP contribution in [0.4, 0.5) is 0 Å². The molecule has 0 N–H and O–H groups in total. The monoisotopic (exact) mass is 578 g/mol. The number of rotatable bonds is 4. The predicted molar refractivity (Wildman–Crippen MR) is 186 cm³/mol. The highest BCUT2D eigenvalue weighted by Gasteiger charge is 2.23. The third-order valence-electron chi connectivity index (χ3n) is 8.97. The smallest absolute Gasteiger partial charge is 0.235 e. The number of benzene rings is 5. The molecule has 0 saturated heterocycles. The fraction of sp³-hybridized carbons (Fsp3) is 0.0732. The minimum Gasteiger partial charge on any atom is -0.316 e. The van der Waals surface area contributed by atoms with Gasteiger partial charge in [0.25, 0.3) is 0 Å². The molecule has 0 atom stereocenters. The summed E-state index contributed by atoms with van der Waals surface area (Å²) in [4.78, 5) is 10.7. The van der Waals surface area contributed by atoms with Crippen molar-refractivity contribution in [2.75, 3.05) is 0 Å². The van der Waals surface area contributed by atoms with Crippen LogP contribution in [-0.2, 0) is 0 Å². The van der Waals surface area contributed by atoms with Crippen LogP contribution in [0.25, 0.3) is 78.9 Å². The van der Waals surface area contributed by atoms with Gasteiger partial charge in [0.2, 0.25) is 5.95 Å². The lowest BCUT2D eigenvalue weighted by Crippen LogP contribution is -2.30. The molecule has 0 fully saturated rings. The Balaban J connectivity index is 1.36. The van der Waals surface area contributed by atoms with E-state index in [1.165, 1.54) is 27.3 Å². The molecule has 0 amide bonds. The van der Waals surface area contributed by atoms with Crippen LogP contribution in [-0.4, -0.2) is 19.1 Å². The molecule has 3 heterocycles. The Bertz CT molecular complexity index is 2550. The van der Waals surface area contributed by atoms with Gasteiger partial charge in [-0.1, -0.05) is 111 Å². The van der Waals surface area contributed by atoms with E-state index in [2.05, 4.69) is 169 Å². The predicted octanol–water partition coefficient (Wildman–Crippen LogP) is 8.45. The lowest BCUT2D eigenvalue weighted by Gasteiger charge is -2.11. The number of nitrogens with zero attached hydrogens (tertiary/aromatic N) is 4. The second-order valence-corrected chi connectivity index (χ2v) is 12.5. The molecular formula is C41H30N4. The highest BCUT2D eigenvalue weighted by molar-refractivity contribution is 6.18. The molecule has 0 aliphatic heterocycles. The number of hydrogen-bond acceptors (Lipinski definition) is 2. The van der Waals surface area contributed by atoms with Crippen molar-refractivity contribution in [3.63, 3.8) is 0 Å². The number of fused-ring (bicyclic) bond motifs is 6. The maximum absolute atomic E-state index is 5.42. The molecule has 45 heavy (non-hydrogen) atoms. The highest BCUT2D eigenvalue weighted by atomic mass is 15.2. The zero-order valence-electron chi connectivity index (χ0n) is 25.1. The maximum atomic E-state index is 5.42. The first-order chi connectivity index (χ1) is 22.0. The van der Waals surface area contributed by atoms with Crippen LogP contribution in [0.5, 0.6) is 0 Å². The Kier molecular flexibility index (Phi) is 5.51. The van der Waals surface area contributed by atoms with Crippen molar-refractivity contribution in [2.45, 2.75) is 13.8 Å². The van der Waals surface area contributed by atoms with Gasteiger partial charge in [-0.3, -0.25) is 4.57 Å². The average Bonchev–Trinajstić information content (AvgIpc) is 3.75. The van der Waals surface area contributed by atoms with Crippen LogP contribution in [0.3, 0.4) is 0 Å². The molecule has 0 unspecified atom stereocenters. The van der Waals surface area contributed by atoms with Crippen molar-refractivity contribution >= 4 is 44.9 Å². The molecule has 5 aromatic carbocycles. The van der Waals surface area contributed by atoms with Crippen molar-refractivity contribution in [2.24, 2.45) is 5.41 Å². The van der Waals surface area contributed by atoms with Gasteiger partial charge in [0, 0.05) is 44.2 Å². The second kappa shape index (κ2) is 9.63. The highest BCUT2D eigenvalue weighted by Crippen LogP contribution is 2.37. The Morgan fingerprint density at radius 1 is 0.556 bits per heavy atom. The van der Waals surface area contributed by atoms with Crippen molar-refractivity contribution in [1.29, 1.82) is 0 Å². The molecule has 214 valence electrons. The van der Waals surface area contributed by atoms with E-state index in [4.69, 9.17) is 9.97 Å². The van der Waals surface area contributed by atoms with Crippen molar-refractivity contribution in [3.05, 3.63) is 144 Å². The number of para-hydroxylation sites is 2. The third-order valence-corrected chi connectivity index (χ3v) is 8.97. The summed E-state index contributed by atoms with van der Waals surface area (Å²) >= 11 is 0. The largest absolute Gasteiger partial charge is 0.316 e. The summed E-state index contributed by atoms with van der Waals surface area (Å²) in [5.74, 6) is 0.683. The van der Waals surface area contributed by atoms with Crippen molar-refractivity contribution in [3.8, 4) is 34.0 Å². The summed E-state index contributed by atoms with van der Waals surface area (Å²) < 4.78 is 4.53. The summed E-state index contributed by atoms with van der Waals surface area (Å²) in [6.07, 6.45) is 6.74. The zero-order chi connectivity index (χ0) is 30.1. The van der Waals surface area contributed by atoms with Crippen LogP contribution in [0, 0.1) is 5.41 Å². The van der Waals surface area contributed by atoms with E-state index in [0.29, 0.717) is 5.95 Å². The van der Waals surface area contributed by atoms with E-state index in [1.807, 2.05) is 0 Å². The van der Waals surface area contributed by atoms with Gasteiger partial charge in [0.05, 0.1) is 27.6 Å². The van der Waals surface area contributed by atoms with Gasteiger partial charge in [0.15, 0.2) is 0 Å². The van der Waals surface area contributed by atoms with E-state index >= 15 is 0 Å². The fourth-order valence-corrected chi connectivity index (χ4v) is 6.99. The van der Waals surface area contributed by atoms with Gasteiger partial charge in [-0.25, -0.2) is 9.97 Å². The Labute approximate surface area is 260 Å². The van der Waals surface area contributed by atoms with Crippen LogP contribution in [0.2, 0.25) is 0 Å². The molecule has 0 saturated carbocycles. The lowest BCUT2D eigenvalue weighted by atomic mass is 9.95. The molecule has 4 heteroatoms. The molecule has 1 aliphatic rings. The topological polar surface area (TPSA) is 35.6 Å². The summed E-state index contributed by atoms with van der Waals surface area (Å²) in [5.41, 5.74) is 8.77. The molecule has 8 aromatic rings. The Morgan fingerprint density at radius 2 is 1.29 bits per heavy atom. The van der Waals surface area contributed by atoms with Crippen LogP contribution < -0.4 is 10.6 Å². The SMILES string of the molecule is CC1(C)C=c2nc(-n3c4ccccc4c4ccc5c(ccn5-c5ccccc5)c43)nc(-c3cccc(-c4ccccc4)c3)c2=C1. The van der Waals surface area contributed by atoms with E-state index < -0.39 is 0 Å². The quantitative estimate of drug-likeness (QED) is 0.210. The van der Waals surface area contributed by atoms with Gasteiger partial charge in [-0.05, 0) is 53.6 Å². The van der Waals surface area contributed by atoms with E-state index in [0.717, 1.165) is 44.1 Å². The summed E-state index contributed by atoms with van der Waals surface area (Å²) in [7, 11) is 0. The van der Waals surface area contributed by atoms with E-state index in [1.54, 1.807) is 0 Å². The summed E-state index contributed by atoms with van der Waals surface area (Å²) in [5, 5.41) is 5.62. The van der Waals surface area contributed by atoms with E-state index in [9.17, 15) is 0 Å². The molecule has 0 spiro atoms. The zero-order valence-corrected chi connectivity index (χ0v) is 25.1. The first kappa shape index (κ1) is 25.7. The Hall–Kier alpha value is -5.74. The van der Waals surface area contributed by atoms with Crippen LogP contribution >= 0.6 is 0 Å². The summed E-state index contributed by atoms with van der Waals surface area (Å²) in [6.45, 7) is 4.46. The molecule has 4 nitrogen and oxygen atoms in total. The normalized spacial score (nSPS) is 13.6. The van der Waals surface area contributed by atoms with Crippen molar-refractivity contribution < 1.29 is 0 Å². The molecular weight excluding hydrogens is 548 g/mol. The molecule has 1 aliphatic carbocycles. The minimum atomic E-state index is -0.123. The minimum absolute atomic E-state index is 0.123. The second-order valence-electron chi connectivity index (χ2n) is 12.5. The lowest BCUT2D eigenvalue weighted by molar-refractivity contribution is 0.723. The number of aromatic nitrogens is 4. The van der Waals surface area contributed by atoms with Crippen LogP contribution in [0.15, 0.2) is 134 Å². The van der Waals surface area contributed by atoms with Gasteiger partial charge in [-0.15, -0.1) is 0 Å². The van der Waals surface area contributed by atoms with Gasteiger partial charge in [0.1, 0.15) is 0 Å². The standard InChI is InChI=1S/C41H30N4/c1-41(2)25-34-35(26-41)42-40(43-38(34)29-15-11-14-28(24-29)27-12-5-3-6-13-27)45-37-19-10-9-18-31(37)32-20-21-36-33(39(32)45)22-23-44(36)30-16-7-4-8-17-30/h3-26H,1-2H3. The average molecular weight is 579 g/mol. The molecule has 0 bridgehead atoms. The molecule has 3 aromatic heterocycles. The Morgan fingerprint density at radius 3 is 2.13 bits per heavy atom. The van der Waals surface area contributed by atoms with Gasteiger partial charge >= 0.3 is 0 Å². The first-order valence-electron chi connectivity index (χ1n) is 15.4. The number of hydrogen-bond donors (Lipinski definition) is 0. The van der Waals surface area contributed by atoms with Gasteiger partial charge in [-0.2, -0.15) is 0 Å². The third kappa shape index (κ3) is 4.06. The van der Waals surface area contributed by atoms with E-state index in [-0.39, 0.29) is 5.41 Å². The molecule has 0 radical (unpaired) electrons. The fourth-order valence-electron chi connectivity index (χ4n) is 6.99. The molecule has 9 rings (SSSR count). The van der Waals surface area contributed by atoms with Crippen LogP contribution in [0.1, 0.15) is 13.8 Å². The van der Waals surface area contributed by atoms with Crippen molar-refractivity contribution in [1.82, 2.24) is 19.1 Å². The summed E-state index contributed by atoms with van der Waals surface area (Å²) in [6, 6.07) is 45.1. The maximum Gasteiger partial charge on any atom is 0.235 e. The van der Waals surface area contributed by atoms with Gasteiger partial charge < -0.3 is 4.57 Å².